The Morgan fingerprint density at radius 2 is 1.66 bits per heavy atom. The highest BCUT2D eigenvalue weighted by Crippen LogP contribution is 2.55. The van der Waals surface area contributed by atoms with Crippen molar-refractivity contribution in [1.82, 2.24) is 19.9 Å². The molecule has 1 saturated heterocycles. The summed E-state index contributed by atoms with van der Waals surface area (Å²) in [6.45, 7) is 0.968. The molecule has 0 spiro atoms. The van der Waals surface area contributed by atoms with Gasteiger partial charge in [0.15, 0.2) is 23.2 Å². The summed E-state index contributed by atoms with van der Waals surface area (Å²) in [7, 11) is 0. The normalized spacial score (nSPS) is 23.2. The Labute approximate surface area is 166 Å². The van der Waals surface area contributed by atoms with E-state index in [1.165, 1.54) is 6.07 Å². The Bertz CT molecular complexity index is 1010. The van der Waals surface area contributed by atoms with Crippen molar-refractivity contribution in [2.75, 3.05) is 13.2 Å². The average molecular weight is 396 g/mol. The van der Waals surface area contributed by atoms with Gasteiger partial charge in [-0.3, -0.25) is 0 Å². The first-order chi connectivity index (χ1) is 14.2. The predicted molar refractivity (Wildman–Crippen MR) is 99.4 cm³/mol. The van der Waals surface area contributed by atoms with Crippen molar-refractivity contribution in [3.8, 4) is 17.4 Å². The van der Waals surface area contributed by atoms with E-state index >= 15 is 0 Å². The average Bonchev–Trinajstić information content (AvgIpc) is 3.40. The molecule has 0 amide bonds. The Hall–Kier alpha value is -3.00. The smallest absolute Gasteiger partial charge is 0.200 e. The van der Waals surface area contributed by atoms with Crippen LogP contribution in [0.25, 0.3) is 11.6 Å². The fourth-order valence-electron chi connectivity index (χ4n) is 3.66. The van der Waals surface area contributed by atoms with Crippen LogP contribution >= 0.6 is 0 Å². The van der Waals surface area contributed by atoms with Gasteiger partial charge in [0.25, 0.3) is 0 Å². The molecule has 1 aliphatic carbocycles. The zero-order valence-electron chi connectivity index (χ0n) is 15.5. The minimum Gasteiger partial charge on any atom is -0.485 e. The van der Waals surface area contributed by atoms with Crippen LogP contribution in [0.1, 0.15) is 35.8 Å². The fraction of sp³-hybridized carbons (Fsp3) is 0.333. The van der Waals surface area contributed by atoms with Gasteiger partial charge in [-0.25, -0.2) is 24.3 Å². The third-order valence-electron chi connectivity index (χ3n) is 5.28. The first kappa shape index (κ1) is 18.1. The third kappa shape index (κ3) is 3.67. The summed E-state index contributed by atoms with van der Waals surface area (Å²) in [6.07, 6.45) is 8.02. The quantitative estimate of drug-likeness (QED) is 0.656. The van der Waals surface area contributed by atoms with Crippen LogP contribution in [0.4, 0.5) is 8.78 Å². The van der Waals surface area contributed by atoms with E-state index in [1.54, 1.807) is 36.9 Å². The minimum absolute atomic E-state index is 0.0472. The van der Waals surface area contributed by atoms with Crippen molar-refractivity contribution in [3.63, 3.8) is 0 Å². The second-order valence-corrected chi connectivity index (χ2v) is 7.28. The number of rotatable bonds is 5. The molecule has 148 valence electrons. The summed E-state index contributed by atoms with van der Waals surface area (Å²) in [5.41, 5.74) is 1.67. The molecule has 3 atom stereocenters. The molecule has 0 bridgehead atoms. The molecule has 8 heteroatoms. The van der Waals surface area contributed by atoms with E-state index in [0.717, 1.165) is 17.5 Å². The summed E-state index contributed by atoms with van der Waals surface area (Å²) >= 11 is 0. The third-order valence-corrected chi connectivity index (χ3v) is 5.28. The van der Waals surface area contributed by atoms with E-state index in [1.807, 2.05) is 0 Å². The topological polar surface area (TPSA) is 70.0 Å². The molecule has 1 saturated carbocycles. The van der Waals surface area contributed by atoms with Gasteiger partial charge in [-0.1, -0.05) is 0 Å². The standard InChI is InChI=1S/C21H18F2N4O2/c22-17-6-12(7-18(19(17)23)29-14-2-5-28-11-14)15-8-16(15)13-9-26-21(27-10-13)20-24-3-1-4-25-20/h1,3-4,6-7,9-10,14-16H,2,5,8,11H2/t14-,15?,16?/m0/s1. The lowest BCUT2D eigenvalue weighted by Gasteiger charge is -2.14. The second-order valence-electron chi connectivity index (χ2n) is 7.28. The zero-order valence-corrected chi connectivity index (χ0v) is 15.5. The molecule has 29 heavy (non-hydrogen) atoms. The number of nitrogens with zero attached hydrogens (tertiary/aromatic N) is 4. The molecule has 5 rings (SSSR count). The second kappa shape index (κ2) is 7.44. The van der Waals surface area contributed by atoms with Crippen LogP contribution in [0.15, 0.2) is 43.0 Å². The maximum absolute atomic E-state index is 14.2. The van der Waals surface area contributed by atoms with Gasteiger partial charge in [-0.15, -0.1) is 0 Å². The molecular weight excluding hydrogens is 378 g/mol. The van der Waals surface area contributed by atoms with E-state index in [4.69, 9.17) is 9.47 Å². The molecule has 2 fully saturated rings. The monoisotopic (exact) mass is 396 g/mol. The van der Waals surface area contributed by atoms with Crippen LogP contribution in [-0.2, 0) is 4.74 Å². The first-order valence-corrected chi connectivity index (χ1v) is 9.51. The molecule has 2 aromatic heterocycles. The van der Waals surface area contributed by atoms with Crippen molar-refractivity contribution in [2.45, 2.75) is 30.8 Å². The van der Waals surface area contributed by atoms with Gasteiger partial charge in [0.2, 0.25) is 5.82 Å². The molecule has 0 radical (unpaired) electrons. The van der Waals surface area contributed by atoms with Crippen molar-refractivity contribution in [3.05, 3.63) is 65.7 Å². The molecule has 3 heterocycles. The summed E-state index contributed by atoms with van der Waals surface area (Å²) < 4.78 is 39.2. The van der Waals surface area contributed by atoms with Gasteiger partial charge in [0.1, 0.15) is 6.10 Å². The van der Waals surface area contributed by atoms with Gasteiger partial charge in [-0.05, 0) is 47.6 Å². The highest BCUT2D eigenvalue weighted by molar-refractivity contribution is 5.44. The lowest BCUT2D eigenvalue weighted by Crippen LogP contribution is -2.17. The molecule has 3 aromatic rings. The van der Waals surface area contributed by atoms with Crippen LogP contribution in [-0.4, -0.2) is 39.3 Å². The van der Waals surface area contributed by atoms with Crippen LogP contribution < -0.4 is 4.74 Å². The van der Waals surface area contributed by atoms with Crippen molar-refractivity contribution in [2.24, 2.45) is 0 Å². The highest BCUT2D eigenvalue weighted by Gasteiger charge is 2.41. The van der Waals surface area contributed by atoms with Crippen molar-refractivity contribution in [1.29, 1.82) is 0 Å². The molecule has 0 N–H and O–H groups in total. The van der Waals surface area contributed by atoms with Gasteiger partial charge in [-0.2, -0.15) is 4.39 Å². The van der Waals surface area contributed by atoms with Gasteiger partial charge >= 0.3 is 0 Å². The fourth-order valence-corrected chi connectivity index (χ4v) is 3.66. The van der Waals surface area contributed by atoms with Crippen LogP contribution in [0.2, 0.25) is 0 Å². The number of hydrogen-bond donors (Lipinski definition) is 0. The SMILES string of the molecule is Fc1cc(C2CC2c2cnc(-c3ncccn3)nc2)cc(O[C@H]2CCOC2)c1F. The minimum atomic E-state index is -0.951. The first-order valence-electron chi connectivity index (χ1n) is 9.51. The number of halogens is 2. The van der Waals surface area contributed by atoms with Crippen LogP contribution in [0.5, 0.6) is 5.75 Å². The largest absolute Gasteiger partial charge is 0.485 e. The number of aromatic nitrogens is 4. The lowest BCUT2D eigenvalue weighted by atomic mass is 10.1. The van der Waals surface area contributed by atoms with E-state index in [0.29, 0.717) is 31.3 Å². The molecule has 1 aromatic carbocycles. The van der Waals surface area contributed by atoms with Crippen molar-refractivity contribution >= 4 is 0 Å². The Morgan fingerprint density at radius 3 is 2.38 bits per heavy atom. The van der Waals surface area contributed by atoms with Gasteiger partial charge in [0.05, 0.1) is 13.2 Å². The van der Waals surface area contributed by atoms with Gasteiger partial charge < -0.3 is 9.47 Å². The Balaban J connectivity index is 1.33. The molecule has 2 aliphatic rings. The lowest BCUT2D eigenvalue weighted by molar-refractivity contribution is 0.137. The highest BCUT2D eigenvalue weighted by atomic mass is 19.2. The zero-order chi connectivity index (χ0) is 19.8. The van der Waals surface area contributed by atoms with E-state index in [9.17, 15) is 8.78 Å². The molecular formula is C21H18F2N4O2. The molecule has 1 aliphatic heterocycles. The van der Waals surface area contributed by atoms with E-state index < -0.39 is 11.6 Å². The van der Waals surface area contributed by atoms with Crippen LogP contribution in [0, 0.1) is 11.6 Å². The maximum atomic E-state index is 14.2. The number of ether oxygens (including phenoxy) is 2. The predicted octanol–water partition coefficient (Wildman–Crippen LogP) is 3.65. The summed E-state index contributed by atoms with van der Waals surface area (Å²) in [4.78, 5) is 17.0. The summed E-state index contributed by atoms with van der Waals surface area (Å²) in [6, 6.07) is 4.59. The van der Waals surface area contributed by atoms with Crippen LogP contribution in [0.3, 0.4) is 0 Å². The van der Waals surface area contributed by atoms with Crippen molar-refractivity contribution < 1.29 is 18.3 Å². The van der Waals surface area contributed by atoms with E-state index in [-0.39, 0.29) is 23.7 Å². The summed E-state index contributed by atoms with van der Waals surface area (Å²) in [5.74, 6) is -0.737. The Morgan fingerprint density at radius 1 is 0.931 bits per heavy atom. The molecule has 6 nitrogen and oxygen atoms in total. The van der Waals surface area contributed by atoms with Gasteiger partial charge in [0, 0.05) is 31.2 Å². The molecule has 2 unspecified atom stereocenters. The number of hydrogen-bond acceptors (Lipinski definition) is 6. The Kier molecular flexibility index (Phi) is 4.63. The maximum Gasteiger partial charge on any atom is 0.200 e. The summed E-state index contributed by atoms with van der Waals surface area (Å²) in [5, 5.41) is 0. The van der Waals surface area contributed by atoms with E-state index in [2.05, 4.69) is 19.9 Å². The number of benzene rings is 1.